The van der Waals surface area contributed by atoms with Crippen molar-refractivity contribution in [2.45, 2.75) is 108 Å². The van der Waals surface area contributed by atoms with Gasteiger partial charge in [0, 0.05) is 33.7 Å². The zero-order valence-electron chi connectivity index (χ0n) is 39.9. The van der Waals surface area contributed by atoms with Crippen LogP contribution in [0.15, 0.2) is 152 Å². The lowest BCUT2D eigenvalue weighted by Gasteiger charge is -2.48. The number of hydrogen-bond acceptors (Lipinski definition) is 2. The number of para-hydroxylation sites is 2. The van der Waals surface area contributed by atoms with Gasteiger partial charge in [-0.1, -0.05) is 176 Å². The molecule has 2 heterocycles. The third kappa shape index (κ3) is 5.32. The van der Waals surface area contributed by atoms with E-state index in [1.165, 1.54) is 143 Å². The molecule has 0 saturated carbocycles. The highest BCUT2D eigenvalue weighted by atomic mass is 15.2. The summed E-state index contributed by atoms with van der Waals surface area (Å²) in [5.41, 5.74) is 25.7. The molecule has 3 heteroatoms. The van der Waals surface area contributed by atoms with Crippen LogP contribution in [0.4, 0.5) is 28.4 Å². The Morgan fingerprint density at radius 3 is 1.68 bits per heavy atom. The topological polar surface area (TPSA) is 15.3 Å². The van der Waals surface area contributed by atoms with Crippen LogP contribution in [0.25, 0.3) is 33.0 Å². The zero-order valence-corrected chi connectivity index (χ0v) is 39.9. The fraction of sp³-hybridized carbons (Fsp3) is 0.270. The van der Waals surface area contributed by atoms with Crippen molar-refractivity contribution in [1.82, 2.24) is 0 Å². The van der Waals surface area contributed by atoms with E-state index in [0.29, 0.717) is 0 Å². The van der Waals surface area contributed by atoms with Crippen LogP contribution in [-0.2, 0) is 27.1 Å². The first-order valence-corrected chi connectivity index (χ1v) is 24.6. The van der Waals surface area contributed by atoms with Crippen molar-refractivity contribution in [3.05, 3.63) is 196 Å². The average molecular weight is 855 g/mol. The van der Waals surface area contributed by atoms with Crippen LogP contribution < -0.4 is 21.1 Å². The Labute approximate surface area is 392 Å². The van der Waals surface area contributed by atoms with Gasteiger partial charge in [-0.05, 0) is 156 Å². The van der Waals surface area contributed by atoms with Crippen LogP contribution in [0.2, 0.25) is 0 Å². The van der Waals surface area contributed by atoms with Crippen molar-refractivity contribution >= 4 is 57.4 Å². The van der Waals surface area contributed by atoms with Gasteiger partial charge in [0.15, 0.2) is 7.28 Å². The molecule has 0 fully saturated rings. The molecule has 3 aliphatic carbocycles. The Hall–Kier alpha value is -6.32. The number of nitrogens with zero attached hydrogens (tertiary/aromatic N) is 1. The molecule has 66 heavy (non-hydrogen) atoms. The fourth-order valence-electron chi connectivity index (χ4n) is 13.6. The SMILES string of the molecule is CC1(C)CCC(C)(C)c2cc(Nc3cc4c(cc3-c3cc5ccccc5c5c3Bc3cccc6c3N5c3ccccc3C63c5ccccc5-c5ccccc53)C(C)(C)CCC4(C)C)ccc21. The van der Waals surface area contributed by atoms with Crippen molar-refractivity contribution in [1.29, 1.82) is 0 Å². The molecule has 0 radical (unpaired) electrons. The van der Waals surface area contributed by atoms with Gasteiger partial charge in [0.25, 0.3) is 0 Å². The van der Waals surface area contributed by atoms with Gasteiger partial charge in [-0.25, -0.2) is 0 Å². The highest BCUT2D eigenvalue weighted by molar-refractivity contribution is 6.74. The van der Waals surface area contributed by atoms with Crippen molar-refractivity contribution in [3.8, 4) is 22.3 Å². The minimum Gasteiger partial charge on any atom is -0.355 e. The lowest BCUT2D eigenvalue weighted by molar-refractivity contribution is 0.332. The minimum absolute atomic E-state index is 0.0476. The number of benzene rings is 8. The second-order valence-corrected chi connectivity index (χ2v) is 23.0. The minimum atomic E-state index is -0.441. The Kier molecular flexibility index (Phi) is 8.13. The predicted octanol–water partition coefficient (Wildman–Crippen LogP) is 14.8. The summed E-state index contributed by atoms with van der Waals surface area (Å²) in [6.45, 7) is 19.6. The second-order valence-electron chi connectivity index (χ2n) is 23.0. The molecule has 2 nitrogen and oxygen atoms in total. The molecule has 8 aromatic carbocycles. The molecule has 5 aliphatic rings. The quantitative estimate of drug-likeness (QED) is 0.178. The monoisotopic (exact) mass is 854 g/mol. The van der Waals surface area contributed by atoms with E-state index >= 15 is 0 Å². The smallest absolute Gasteiger partial charge is 0.198 e. The normalized spacial score (nSPS) is 18.8. The van der Waals surface area contributed by atoms with Gasteiger partial charge in [-0.2, -0.15) is 0 Å². The first-order valence-electron chi connectivity index (χ1n) is 24.6. The van der Waals surface area contributed by atoms with Crippen LogP contribution in [0.1, 0.15) is 126 Å². The molecular weight excluding hydrogens is 796 g/mol. The lowest BCUT2D eigenvalue weighted by Crippen LogP contribution is -2.47. The van der Waals surface area contributed by atoms with E-state index in [9.17, 15) is 0 Å². The van der Waals surface area contributed by atoms with Crippen LogP contribution in [0, 0.1) is 0 Å². The van der Waals surface area contributed by atoms with Gasteiger partial charge >= 0.3 is 0 Å². The molecule has 1 spiro atoms. The van der Waals surface area contributed by atoms with E-state index in [4.69, 9.17) is 0 Å². The largest absolute Gasteiger partial charge is 0.355 e. The van der Waals surface area contributed by atoms with Crippen molar-refractivity contribution in [3.63, 3.8) is 0 Å². The predicted molar refractivity (Wildman–Crippen MR) is 282 cm³/mol. The molecular formula is C63H59BN2. The van der Waals surface area contributed by atoms with Crippen LogP contribution in [0.5, 0.6) is 0 Å². The standard InChI is InChI=1S/C63H59BN2/c1-59(2)30-31-60(3,4)50-35-39(28-29-47(50)59)65-54-37-52-51(61(5,6)32-33-62(52,7)8)36-43(54)44-34-38-18-9-10-19-40(38)57-56(44)64-53-26-17-25-49-58(53)66(57)55-27-16-15-24-48(55)63(49)45-22-13-11-20-41(45)42-21-12-14-23-46(42)63/h9-29,34-37,64-65H,30-33H2,1-8H3. The van der Waals surface area contributed by atoms with Gasteiger partial charge < -0.3 is 10.2 Å². The van der Waals surface area contributed by atoms with Gasteiger partial charge in [-0.15, -0.1) is 0 Å². The maximum atomic E-state index is 4.17. The van der Waals surface area contributed by atoms with Crippen LogP contribution >= 0.6 is 0 Å². The molecule has 0 unspecified atom stereocenters. The van der Waals surface area contributed by atoms with Gasteiger partial charge in [0.1, 0.15) is 0 Å². The van der Waals surface area contributed by atoms with E-state index in [1.54, 1.807) is 0 Å². The van der Waals surface area contributed by atoms with Crippen LogP contribution in [-0.4, -0.2) is 7.28 Å². The molecule has 324 valence electrons. The van der Waals surface area contributed by atoms with Gasteiger partial charge in [0.05, 0.1) is 11.1 Å². The Morgan fingerprint density at radius 2 is 0.985 bits per heavy atom. The first kappa shape index (κ1) is 40.0. The van der Waals surface area contributed by atoms with Gasteiger partial charge in [-0.3, -0.25) is 0 Å². The molecule has 1 N–H and O–H groups in total. The van der Waals surface area contributed by atoms with E-state index in [0.717, 1.165) is 7.28 Å². The third-order valence-electron chi connectivity index (χ3n) is 17.4. The number of rotatable bonds is 3. The second kappa shape index (κ2) is 13.4. The molecule has 0 atom stereocenters. The Bertz CT molecular complexity index is 3350. The first-order chi connectivity index (χ1) is 31.7. The van der Waals surface area contributed by atoms with E-state index in [1.807, 2.05) is 0 Å². The lowest BCUT2D eigenvalue weighted by atomic mass is 9.54. The molecule has 0 amide bonds. The Balaban J connectivity index is 1.09. The fourth-order valence-corrected chi connectivity index (χ4v) is 13.6. The van der Waals surface area contributed by atoms with E-state index in [2.05, 4.69) is 217 Å². The highest BCUT2D eigenvalue weighted by Gasteiger charge is 2.53. The maximum Gasteiger partial charge on any atom is 0.198 e. The van der Waals surface area contributed by atoms with Crippen molar-refractivity contribution in [2.75, 3.05) is 10.2 Å². The summed E-state index contributed by atoms with van der Waals surface area (Å²) in [4.78, 5) is 2.69. The molecule has 0 saturated heterocycles. The molecule has 0 bridgehead atoms. The highest BCUT2D eigenvalue weighted by Crippen LogP contribution is 2.64. The number of anilines is 5. The number of nitrogens with one attached hydrogen (secondary N) is 1. The zero-order chi connectivity index (χ0) is 45.1. The van der Waals surface area contributed by atoms with Crippen molar-refractivity contribution in [2.24, 2.45) is 0 Å². The number of hydrogen-bond donors (Lipinski definition) is 1. The third-order valence-corrected chi connectivity index (χ3v) is 17.4. The molecule has 0 aromatic heterocycles. The summed E-state index contributed by atoms with van der Waals surface area (Å²) in [6.07, 6.45) is 4.74. The van der Waals surface area contributed by atoms with E-state index < -0.39 is 5.41 Å². The summed E-state index contributed by atoms with van der Waals surface area (Å²) in [7, 11) is 0.838. The summed E-state index contributed by atoms with van der Waals surface area (Å²) in [6, 6.07) is 59.0. The Morgan fingerprint density at radius 1 is 0.424 bits per heavy atom. The van der Waals surface area contributed by atoms with Crippen LogP contribution in [0.3, 0.4) is 0 Å². The molecule has 2 aliphatic heterocycles. The maximum absolute atomic E-state index is 4.17. The summed E-state index contributed by atoms with van der Waals surface area (Å²) in [5, 5.41) is 6.74. The molecule has 8 aromatic rings. The summed E-state index contributed by atoms with van der Waals surface area (Å²) in [5.74, 6) is 0. The summed E-state index contributed by atoms with van der Waals surface area (Å²) < 4.78 is 0. The molecule has 13 rings (SSSR count). The average Bonchev–Trinajstić information content (AvgIpc) is 3.61. The van der Waals surface area contributed by atoms with Crippen molar-refractivity contribution < 1.29 is 0 Å². The summed E-state index contributed by atoms with van der Waals surface area (Å²) >= 11 is 0. The number of fused-ring (bicyclic) bond motifs is 15. The van der Waals surface area contributed by atoms with E-state index in [-0.39, 0.29) is 21.7 Å². The van der Waals surface area contributed by atoms with Gasteiger partial charge in [0.2, 0.25) is 0 Å².